The Morgan fingerprint density at radius 1 is 1.07 bits per heavy atom. The summed E-state index contributed by atoms with van der Waals surface area (Å²) in [4.78, 5) is 2.64. The van der Waals surface area contributed by atoms with Crippen molar-refractivity contribution in [3.63, 3.8) is 0 Å². The second-order valence-corrected chi connectivity index (χ2v) is 9.12. The highest BCUT2D eigenvalue weighted by atomic mass is 16.7. The molecular formula is C22H33NO4. The van der Waals surface area contributed by atoms with Crippen molar-refractivity contribution in [3.8, 4) is 11.5 Å². The van der Waals surface area contributed by atoms with Gasteiger partial charge in [0.1, 0.15) is 0 Å². The number of piperidine rings is 2. The summed E-state index contributed by atoms with van der Waals surface area (Å²) in [6, 6.07) is 6.80. The molecule has 5 rings (SSSR count). The van der Waals surface area contributed by atoms with Crippen molar-refractivity contribution in [1.29, 1.82) is 0 Å². The van der Waals surface area contributed by atoms with Gasteiger partial charge in [0, 0.05) is 36.9 Å². The van der Waals surface area contributed by atoms with Gasteiger partial charge < -0.3 is 18.9 Å². The maximum absolute atomic E-state index is 6.34. The van der Waals surface area contributed by atoms with E-state index in [1.807, 2.05) is 6.07 Å². The lowest BCUT2D eigenvalue weighted by Gasteiger charge is -2.58. The van der Waals surface area contributed by atoms with Gasteiger partial charge in [-0.2, -0.15) is 0 Å². The fraction of sp³-hybridized carbons (Fsp3) is 0.727. The smallest absolute Gasteiger partial charge is 0.173 e. The summed E-state index contributed by atoms with van der Waals surface area (Å²) in [6.07, 6.45) is 4.51. The summed E-state index contributed by atoms with van der Waals surface area (Å²) in [7, 11) is 3.37. The Bertz CT molecular complexity index is 664. The molecular weight excluding hydrogens is 342 g/mol. The zero-order valence-corrected chi connectivity index (χ0v) is 17.1. The first-order valence-corrected chi connectivity index (χ1v) is 10.2. The average Bonchev–Trinajstić information content (AvgIpc) is 2.69. The Labute approximate surface area is 162 Å². The van der Waals surface area contributed by atoms with Gasteiger partial charge in [-0.05, 0) is 37.0 Å². The van der Waals surface area contributed by atoms with E-state index in [2.05, 4.69) is 30.9 Å². The maximum atomic E-state index is 6.34. The lowest BCUT2D eigenvalue weighted by Crippen LogP contribution is -2.65. The fourth-order valence-corrected chi connectivity index (χ4v) is 4.84. The van der Waals surface area contributed by atoms with E-state index in [1.54, 1.807) is 14.2 Å². The Kier molecular flexibility index (Phi) is 5.12. The van der Waals surface area contributed by atoms with Gasteiger partial charge in [0.25, 0.3) is 0 Å². The van der Waals surface area contributed by atoms with Gasteiger partial charge in [0.15, 0.2) is 17.3 Å². The van der Waals surface area contributed by atoms with Gasteiger partial charge in [0.05, 0.1) is 27.4 Å². The second-order valence-electron chi connectivity index (χ2n) is 9.12. The van der Waals surface area contributed by atoms with Crippen molar-refractivity contribution in [2.24, 2.45) is 11.3 Å². The van der Waals surface area contributed by atoms with E-state index in [9.17, 15) is 0 Å². The van der Waals surface area contributed by atoms with Crippen LogP contribution in [0.2, 0.25) is 0 Å². The number of nitrogens with zero attached hydrogens (tertiary/aromatic N) is 1. The van der Waals surface area contributed by atoms with Crippen LogP contribution in [0.3, 0.4) is 0 Å². The van der Waals surface area contributed by atoms with Crippen LogP contribution in [-0.4, -0.2) is 57.3 Å². The number of hydrogen-bond acceptors (Lipinski definition) is 5. The van der Waals surface area contributed by atoms with Crippen molar-refractivity contribution in [2.75, 3.05) is 40.5 Å². The normalized spacial score (nSPS) is 29.0. The minimum Gasteiger partial charge on any atom is -0.493 e. The van der Waals surface area contributed by atoms with Crippen LogP contribution in [-0.2, 0) is 15.9 Å². The molecule has 3 saturated heterocycles. The van der Waals surface area contributed by atoms with Crippen molar-refractivity contribution in [1.82, 2.24) is 4.90 Å². The molecule has 0 radical (unpaired) electrons. The van der Waals surface area contributed by atoms with Gasteiger partial charge in [-0.25, -0.2) is 0 Å². The Morgan fingerprint density at radius 3 is 2.44 bits per heavy atom. The lowest BCUT2D eigenvalue weighted by molar-refractivity contribution is -0.351. The van der Waals surface area contributed by atoms with Crippen molar-refractivity contribution >= 4 is 0 Å². The molecule has 1 aromatic rings. The molecule has 3 heterocycles. The summed E-state index contributed by atoms with van der Waals surface area (Å²) in [5, 5.41) is 0. The third-order valence-electron chi connectivity index (χ3n) is 6.51. The first-order valence-electron chi connectivity index (χ1n) is 10.2. The molecule has 150 valence electrons. The highest BCUT2D eigenvalue weighted by Crippen LogP contribution is 2.48. The molecule has 1 saturated carbocycles. The molecule has 4 fully saturated rings. The number of methoxy groups -OCH3 is 2. The summed E-state index contributed by atoms with van der Waals surface area (Å²) in [5.74, 6) is 1.76. The monoisotopic (exact) mass is 375 g/mol. The quantitative estimate of drug-likeness (QED) is 0.788. The molecule has 5 heteroatoms. The Hall–Kier alpha value is -1.30. The third kappa shape index (κ3) is 3.69. The molecule has 5 nitrogen and oxygen atoms in total. The van der Waals surface area contributed by atoms with Crippen LogP contribution >= 0.6 is 0 Å². The fourth-order valence-electron chi connectivity index (χ4n) is 4.84. The van der Waals surface area contributed by atoms with Crippen LogP contribution in [0.4, 0.5) is 0 Å². The van der Waals surface area contributed by atoms with E-state index in [-0.39, 0.29) is 11.2 Å². The van der Waals surface area contributed by atoms with Crippen LogP contribution in [0.5, 0.6) is 11.5 Å². The maximum Gasteiger partial charge on any atom is 0.173 e. The van der Waals surface area contributed by atoms with Gasteiger partial charge in [-0.1, -0.05) is 19.9 Å². The Morgan fingerprint density at radius 2 is 1.81 bits per heavy atom. The predicted octanol–water partition coefficient (Wildman–Crippen LogP) is 3.50. The van der Waals surface area contributed by atoms with E-state index < -0.39 is 0 Å². The van der Waals surface area contributed by atoms with E-state index in [0.717, 1.165) is 50.6 Å². The van der Waals surface area contributed by atoms with Crippen LogP contribution in [0.15, 0.2) is 18.2 Å². The summed E-state index contributed by atoms with van der Waals surface area (Å²) in [6.45, 7) is 8.20. The van der Waals surface area contributed by atoms with Gasteiger partial charge in [-0.15, -0.1) is 0 Å². The van der Waals surface area contributed by atoms with Gasteiger partial charge >= 0.3 is 0 Å². The molecule has 3 aliphatic heterocycles. The first-order chi connectivity index (χ1) is 12.9. The molecule has 0 aromatic heterocycles. The van der Waals surface area contributed by atoms with E-state index >= 15 is 0 Å². The van der Waals surface area contributed by atoms with Gasteiger partial charge in [-0.3, -0.25) is 4.90 Å². The van der Waals surface area contributed by atoms with Crippen LogP contribution in [0.25, 0.3) is 0 Å². The summed E-state index contributed by atoms with van der Waals surface area (Å²) >= 11 is 0. The predicted molar refractivity (Wildman–Crippen MR) is 104 cm³/mol. The van der Waals surface area contributed by atoms with Crippen molar-refractivity contribution in [3.05, 3.63) is 23.8 Å². The first kappa shape index (κ1) is 19.0. The largest absolute Gasteiger partial charge is 0.493 e. The molecule has 2 atom stereocenters. The zero-order chi connectivity index (χ0) is 19.1. The highest BCUT2D eigenvalue weighted by Gasteiger charge is 2.54. The third-order valence-corrected chi connectivity index (χ3v) is 6.51. The SMILES string of the molecule is COc1ccc(CCN2CC3CCC2CC32OCC(C)(C)CO2)cc1OC. The number of ether oxygens (including phenoxy) is 4. The van der Waals surface area contributed by atoms with E-state index in [4.69, 9.17) is 18.9 Å². The van der Waals surface area contributed by atoms with Gasteiger partial charge in [0.2, 0.25) is 0 Å². The van der Waals surface area contributed by atoms with Crippen LogP contribution in [0, 0.1) is 11.3 Å². The molecule has 0 N–H and O–H groups in total. The summed E-state index contributed by atoms with van der Waals surface area (Å²) in [5.41, 5.74) is 1.42. The molecule has 2 unspecified atom stereocenters. The highest BCUT2D eigenvalue weighted by molar-refractivity contribution is 5.42. The minimum absolute atomic E-state index is 0.134. The zero-order valence-electron chi connectivity index (χ0n) is 17.1. The molecule has 1 aliphatic carbocycles. The number of hydrogen-bond donors (Lipinski definition) is 0. The topological polar surface area (TPSA) is 40.2 Å². The molecule has 0 amide bonds. The number of rotatable bonds is 5. The minimum atomic E-state index is -0.321. The average molecular weight is 376 g/mol. The van der Waals surface area contributed by atoms with Crippen molar-refractivity contribution in [2.45, 2.75) is 51.4 Å². The van der Waals surface area contributed by atoms with Crippen LogP contribution in [0.1, 0.15) is 38.7 Å². The Balaban J connectivity index is 1.37. The molecule has 4 aliphatic rings. The lowest BCUT2D eigenvalue weighted by atomic mass is 9.74. The molecule has 1 aromatic carbocycles. The summed E-state index contributed by atoms with van der Waals surface area (Å²) < 4.78 is 23.5. The van der Waals surface area contributed by atoms with E-state index in [0.29, 0.717) is 12.0 Å². The molecule has 27 heavy (non-hydrogen) atoms. The second kappa shape index (κ2) is 7.26. The number of benzene rings is 1. The molecule has 2 bridgehead atoms. The van der Waals surface area contributed by atoms with E-state index in [1.165, 1.54) is 18.4 Å². The molecule has 1 spiro atoms. The number of fused-ring (bicyclic) bond motifs is 2. The van der Waals surface area contributed by atoms with Crippen LogP contribution < -0.4 is 9.47 Å². The van der Waals surface area contributed by atoms with Crippen molar-refractivity contribution < 1.29 is 18.9 Å². The standard InChI is InChI=1S/C22H33NO4/c1-21(2)14-26-22(27-15-21)12-18-7-6-17(22)13-23(18)10-9-16-5-8-19(24-3)20(11-16)25-4/h5,8,11,17-18H,6-7,9-10,12-15H2,1-4H3.